The molecule has 0 N–H and O–H groups in total. The van der Waals surface area contributed by atoms with Crippen LogP contribution in [0.1, 0.15) is 0 Å². The van der Waals surface area contributed by atoms with Gasteiger partial charge in [0.05, 0.1) is 0 Å². The van der Waals surface area contributed by atoms with E-state index in [1.807, 2.05) is 0 Å². The zero-order valence-corrected chi connectivity index (χ0v) is 10.2. The number of pyridine rings is 1. The minimum Gasteiger partial charge on any atom is -0.446 e. The van der Waals surface area contributed by atoms with Crippen molar-refractivity contribution in [1.29, 1.82) is 0 Å². The van der Waals surface area contributed by atoms with E-state index in [1.54, 1.807) is 35.0 Å². The number of hydrogen-bond donors (Lipinski definition) is 0. The van der Waals surface area contributed by atoms with Crippen LogP contribution < -0.4 is 0 Å². The first-order chi connectivity index (χ1) is 7.72. The Balaban J connectivity index is 2.18. The van der Waals surface area contributed by atoms with Crippen LogP contribution in [0, 0.1) is 0 Å². The third-order valence-corrected chi connectivity index (χ3v) is 2.75. The first kappa shape index (κ1) is 9.86. The van der Waals surface area contributed by atoms with Crippen molar-refractivity contribution in [1.82, 2.24) is 14.6 Å². The molecule has 0 radical (unpaired) electrons. The largest absolute Gasteiger partial charge is 0.446 e. The third kappa shape index (κ3) is 1.62. The van der Waals surface area contributed by atoms with Gasteiger partial charge in [-0.05, 0) is 34.1 Å². The maximum absolute atomic E-state index is 5.87. The Labute approximate surface area is 104 Å². The summed E-state index contributed by atoms with van der Waals surface area (Å²) in [6.45, 7) is 0. The van der Waals surface area contributed by atoms with E-state index in [0.717, 1.165) is 0 Å². The Morgan fingerprint density at radius 1 is 1.31 bits per heavy atom. The number of rotatable bonds is 1. The Hall–Kier alpha value is -1.33. The first-order valence-electron chi connectivity index (χ1n) is 4.50. The van der Waals surface area contributed by atoms with Gasteiger partial charge in [-0.1, -0.05) is 11.6 Å². The van der Waals surface area contributed by atoms with E-state index in [9.17, 15) is 0 Å². The Morgan fingerprint density at radius 2 is 2.19 bits per heavy atom. The van der Waals surface area contributed by atoms with Crippen molar-refractivity contribution in [3.63, 3.8) is 0 Å². The zero-order chi connectivity index (χ0) is 11.1. The molecule has 3 aromatic heterocycles. The van der Waals surface area contributed by atoms with Gasteiger partial charge in [0.2, 0.25) is 5.82 Å². The Morgan fingerprint density at radius 3 is 2.94 bits per heavy atom. The molecule has 0 spiro atoms. The highest BCUT2D eigenvalue weighted by Crippen LogP contribution is 2.23. The summed E-state index contributed by atoms with van der Waals surface area (Å²) in [5, 5.41) is 4.90. The minimum absolute atomic E-state index is 0.535. The maximum atomic E-state index is 5.87. The van der Waals surface area contributed by atoms with Gasteiger partial charge >= 0.3 is 0 Å². The van der Waals surface area contributed by atoms with Gasteiger partial charge in [-0.2, -0.15) is 0 Å². The van der Waals surface area contributed by atoms with Crippen LogP contribution in [0.2, 0.25) is 5.02 Å². The SMILES string of the molecule is Clc1ccn2nc(-c3ccc(Br)o3)nc2c1. The van der Waals surface area contributed by atoms with Gasteiger partial charge in [-0.3, -0.25) is 0 Å². The van der Waals surface area contributed by atoms with Gasteiger partial charge in [0.1, 0.15) is 0 Å². The number of halogens is 2. The molecule has 0 aliphatic rings. The number of furan rings is 1. The molecule has 0 atom stereocenters. The highest BCUT2D eigenvalue weighted by molar-refractivity contribution is 9.10. The summed E-state index contributed by atoms with van der Waals surface area (Å²) in [7, 11) is 0. The lowest BCUT2D eigenvalue weighted by molar-refractivity contribution is 0.551. The normalized spacial score (nSPS) is 11.1. The van der Waals surface area contributed by atoms with Gasteiger partial charge < -0.3 is 4.42 Å². The standard InChI is InChI=1S/C10H5BrClN3O/c11-8-2-1-7(16-8)10-13-9-5-6(12)3-4-15(9)14-10/h1-5H. The van der Waals surface area contributed by atoms with E-state index in [1.165, 1.54) is 0 Å². The van der Waals surface area contributed by atoms with Gasteiger partial charge in [-0.15, -0.1) is 5.10 Å². The van der Waals surface area contributed by atoms with Gasteiger partial charge in [0.15, 0.2) is 16.1 Å². The summed E-state index contributed by atoms with van der Waals surface area (Å²) in [4.78, 5) is 4.31. The molecular weight excluding hydrogens is 293 g/mol. The fourth-order valence-electron chi connectivity index (χ4n) is 1.40. The first-order valence-corrected chi connectivity index (χ1v) is 5.67. The zero-order valence-electron chi connectivity index (χ0n) is 7.89. The van der Waals surface area contributed by atoms with E-state index in [2.05, 4.69) is 26.0 Å². The third-order valence-electron chi connectivity index (χ3n) is 2.09. The Kier molecular flexibility index (Phi) is 2.22. The lowest BCUT2D eigenvalue weighted by Gasteiger charge is -1.89. The Bertz CT molecular complexity index is 661. The molecule has 0 saturated carbocycles. The van der Waals surface area contributed by atoms with Crippen LogP contribution in [0.4, 0.5) is 0 Å². The topological polar surface area (TPSA) is 43.3 Å². The summed E-state index contributed by atoms with van der Waals surface area (Å²) in [5.41, 5.74) is 0.690. The predicted octanol–water partition coefficient (Wildman–Crippen LogP) is 3.41. The fourth-order valence-corrected chi connectivity index (χ4v) is 1.86. The van der Waals surface area contributed by atoms with Crippen LogP contribution in [0.5, 0.6) is 0 Å². The molecule has 0 fully saturated rings. The molecule has 6 heteroatoms. The van der Waals surface area contributed by atoms with Crippen molar-refractivity contribution in [2.45, 2.75) is 0 Å². The predicted molar refractivity (Wildman–Crippen MR) is 63.4 cm³/mol. The van der Waals surface area contributed by atoms with Gasteiger partial charge in [0.25, 0.3) is 0 Å². The molecule has 0 bridgehead atoms. The van der Waals surface area contributed by atoms with E-state index in [-0.39, 0.29) is 0 Å². The molecule has 0 aliphatic heterocycles. The number of hydrogen-bond acceptors (Lipinski definition) is 3. The molecule has 0 unspecified atom stereocenters. The molecule has 3 rings (SSSR count). The van der Waals surface area contributed by atoms with Crippen LogP contribution in [0.3, 0.4) is 0 Å². The molecular formula is C10H5BrClN3O. The van der Waals surface area contributed by atoms with Crippen LogP contribution in [-0.4, -0.2) is 14.6 Å². The van der Waals surface area contributed by atoms with Gasteiger partial charge in [-0.25, -0.2) is 9.50 Å². The average Bonchev–Trinajstić information content (AvgIpc) is 2.83. The molecule has 80 valence electrons. The molecule has 3 heterocycles. The van der Waals surface area contributed by atoms with Crippen molar-refractivity contribution >= 4 is 33.2 Å². The molecule has 0 aromatic carbocycles. The quantitative estimate of drug-likeness (QED) is 0.691. The second-order valence-electron chi connectivity index (χ2n) is 3.19. The molecule has 3 aromatic rings. The van der Waals surface area contributed by atoms with Crippen molar-refractivity contribution in [2.24, 2.45) is 0 Å². The maximum Gasteiger partial charge on any atom is 0.217 e. The molecule has 16 heavy (non-hydrogen) atoms. The van der Waals surface area contributed by atoms with Crippen molar-refractivity contribution in [3.05, 3.63) is 40.2 Å². The van der Waals surface area contributed by atoms with E-state index >= 15 is 0 Å². The van der Waals surface area contributed by atoms with Crippen LogP contribution in [-0.2, 0) is 0 Å². The average molecular weight is 299 g/mol. The summed E-state index contributed by atoms with van der Waals surface area (Å²) >= 11 is 9.10. The number of aromatic nitrogens is 3. The number of nitrogens with zero attached hydrogens (tertiary/aromatic N) is 3. The smallest absolute Gasteiger partial charge is 0.217 e. The monoisotopic (exact) mass is 297 g/mol. The highest BCUT2D eigenvalue weighted by Gasteiger charge is 2.10. The van der Waals surface area contributed by atoms with Crippen molar-refractivity contribution < 1.29 is 4.42 Å². The van der Waals surface area contributed by atoms with E-state index < -0.39 is 0 Å². The van der Waals surface area contributed by atoms with Crippen molar-refractivity contribution in [2.75, 3.05) is 0 Å². The van der Waals surface area contributed by atoms with Crippen molar-refractivity contribution in [3.8, 4) is 11.6 Å². The molecule has 0 aliphatic carbocycles. The molecule has 0 amide bonds. The van der Waals surface area contributed by atoms with Crippen LogP contribution in [0.15, 0.2) is 39.5 Å². The lowest BCUT2D eigenvalue weighted by atomic mass is 10.4. The fraction of sp³-hybridized carbons (Fsp3) is 0. The summed E-state index contributed by atoms with van der Waals surface area (Å²) < 4.78 is 7.68. The second-order valence-corrected chi connectivity index (χ2v) is 4.40. The summed E-state index contributed by atoms with van der Waals surface area (Å²) in [5.74, 6) is 1.15. The number of fused-ring (bicyclic) bond motifs is 1. The lowest BCUT2D eigenvalue weighted by Crippen LogP contribution is -1.84. The molecule has 4 nitrogen and oxygen atoms in total. The molecule has 0 saturated heterocycles. The summed E-state index contributed by atoms with van der Waals surface area (Å²) in [6, 6.07) is 7.11. The summed E-state index contributed by atoms with van der Waals surface area (Å²) in [6.07, 6.45) is 1.76. The highest BCUT2D eigenvalue weighted by atomic mass is 79.9. The van der Waals surface area contributed by atoms with E-state index in [4.69, 9.17) is 16.0 Å². The van der Waals surface area contributed by atoms with E-state index in [0.29, 0.717) is 26.9 Å². The van der Waals surface area contributed by atoms with Crippen LogP contribution >= 0.6 is 27.5 Å². The van der Waals surface area contributed by atoms with Crippen LogP contribution in [0.25, 0.3) is 17.2 Å². The minimum atomic E-state index is 0.535. The van der Waals surface area contributed by atoms with Gasteiger partial charge in [0, 0.05) is 17.3 Å². The second kappa shape index (κ2) is 3.61.